The Labute approximate surface area is 158 Å². The van der Waals surface area contributed by atoms with E-state index in [-0.39, 0.29) is 24.4 Å². The van der Waals surface area contributed by atoms with Gasteiger partial charge in [0, 0.05) is 23.3 Å². The number of hydrogen-bond donors (Lipinski definition) is 0. The summed E-state index contributed by atoms with van der Waals surface area (Å²) in [5.74, 6) is -2.25. The molecule has 27 heavy (non-hydrogen) atoms. The Kier molecular flexibility index (Phi) is 5.67. The van der Waals surface area contributed by atoms with E-state index < -0.39 is 36.1 Å². The molecule has 0 unspecified atom stereocenters. The van der Waals surface area contributed by atoms with Crippen molar-refractivity contribution in [2.24, 2.45) is 11.0 Å². The van der Waals surface area contributed by atoms with Crippen molar-refractivity contribution in [2.45, 2.75) is 82.8 Å². The van der Waals surface area contributed by atoms with Gasteiger partial charge in [-0.3, -0.25) is 4.79 Å². The third kappa shape index (κ3) is 4.37. The third-order valence-corrected chi connectivity index (χ3v) is 5.05. The molecule has 0 radical (unpaired) electrons. The van der Waals surface area contributed by atoms with Crippen LogP contribution < -0.4 is 0 Å². The first kappa shape index (κ1) is 20.3. The molecule has 0 aromatic carbocycles. The second-order valence-corrected chi connectivity index (χ2v) is 7.90. The summed E-state index contributed by atoms with van der Waals surface area (Å²) in [4.78, 5) is 14.6. The molecule has 0 spiro atoms. The van der Waals surface area contributed by atoms with Crippen LogP contribution in [0.1, 0.15) is 40.5 Å². The van der Waals surface area contributed by atoms with Crippen molar-refractivity contribution in [3.8, 4) is 0 Å². The maximum absolute atomic E-state index is 11.6. The van der Waals surface area contributed by atoms with Crippen molar-refractivity contribution in [1.82, 2.24) is 0 Å². The summed E-state index contributed by atoms with van der Waals surface area (Å²) in [7, 11) is 1.32. The van der Waals surface area contributed by atoms with Crippen molar-refractivity contribution in [2.75, 3.05) is 13.7 Å². The summed E-state index contributed by atoms with van der Waals surface area (Å²) in [6.07, 6.45) is -1.42. The molecular formula is C17H27N3O7. The number of esters is 1. The van der Waals surface area contributed by atoms with Gasteiger partial charge in [-0.2, -0.15) is 0 Å². The Bertz CT molecular complexity index is 620. The fourth-order valence-corrected chi connectivity index (χ4v) is 3.97. The zero-order chi connectivity index (χ0) is 19.8. The predicted octanol–water partition coefficient (Wildman–Crippen LogP) is 2.26. The zero-order valence-electron chi connectivity index (χ0n) is 16.3. The van der Waals surface area contributed by atoms with E-state index >= 15 is 0 Å². The quantitative estimate of drug-likeness (QED) is 0.297. The fraction of sp³-hybridized carbons (Fsp3) is 0.941. The molecule has 3 rings (SSSR count). The number of ether oxygens (including phenoxy) is 6. The van der Waals surface area contributed by atoms with Gasteiger partial charge in [0.15, 0.2) is 17.9 Å². The van der Waals surface area contributed by atoms with Gasteiger partial charge in [0.1, 0.15) is 12.2 Å². The minimum atomic E-state index is -0.811. The van der Waals surface area contributed by atoms with E-state index in [4.69, 9.17) is 34.0 Å². The molecular weight excluding hydrogens is 358 g/mol. The molecule has 10 heteroatoms. The van der Waals surface area contributed by atoms with Gasteiger partial charge in [0.25, 0.3) is 0 Å². The highest BCUT2D eigenvalue weighted by molar-refractivity contribution is 5.69. The smallest absolute Gasteiger partial charge is 0.305 e. The monoisotopic (exact) mass is 385 g/mol. The number of carbonyl (C=O) groups is 1. The molecule has 0 aromatic heterocycles. The Morgan fingerprint density at radius 2 is 1.96 bits per heavy atom. The molecule has 3 aliphatic heterocycles. The maximum atomic E-state index is 11.6. The van der Waals surface area contributed by atoms with E-state index in [1.165, 1.54) is 7.11 Å². The Morgan fingerprint density at radius 3 is 2.56 bits per heavy atom. The molecule has 0 aliphatic carbocycles. The van der Waals surface area contributed by atoms with Gasteiger partial charge < -0.3 is 28.4 Å². The first-order chi connectivity index (χ1) is 12.7. The van der Waals surface area contributed by atoms with Crippen LogP contribution in [0.25, 0.3) is 10.4 Å². The highest BCUT2D eigenvalue weighted by Gasteiger charge is 2.59. The number of nitrogens with zero attached hydrogens (tertiary/aromatic N) is 3. The van der Waals surface area contributed by atoms with E-state index in [0.717, 1.165) is 0 Å². The number of carbonyl (C=O) groups excluding carboxylic acids is 1. The number of fused-ring (bicyclic) bond motifs is 1. The van der Waals surface area contributed by atoms with Gasteiger partial charge >= 0.3 is 5.97 Å². The molecule has 3 heterocycles. The molecule has 6 atom stereocenters. The van der Waals surface area contributed by atoms with E-state index in [1.54, 1.807) is 13.8 Å². The fourth-order valence-electron chi connectivity index (χ4n) is 3.97. The standard InChI is InChI=1S/C17H27N3O7/c1-16(2)23-8-10(25-16)13-12(9(19-20-18)6-7-11(21)22-5)14-15(24-13)27-17(3,4)26-14/h9-10,12-15H,6-8H2,1-5H3/t9-,10+,12+,13+,14+,15+/m0/s1. The van der Waals surface area contributed by atoms with Crippen LogP contribution >= 0.6 is 0 Å². The molecule has 0 bridgehead atoms. The lowest BCUT2D eigenvalue weighted by atomic mass is 9.85. The van der Waals surface area contributed by atoms with Crippen LogP contribution in [0.4, 0.5) is 0 Å². The van der Waals surface area contributed by atoms with E-state index in [1.807, 2.05) is 13.8 Å². The summed E-state index contributed by atoms with van der Waals surface area (Å²) >= 11 is 0. The van der Waals surface area contributed by atoms with E-state index in [0.29, 0.717) is 13.0 Å². The summed E-state index contributed by atoms with van der Waals surface area (Å²) in [5, 5.41) is 3.94. The minimum Gasteiger partial charge on any atom is -0.469 e. The van der Waals surface area contributed by atoms with E-state index in [9.17, 15) is 4.79 Å². The molecule has 3 aliphatic rings. The van der Waals surface area contributed by atoms with Gasteiger partial charge in [-0.1, -0.05) is 5.11 Å². The summed E-state index contributed by atoms with van der Waals surface area (Å²) in [6, 6.07) is -0.543. The lowest BCUT2D eigenvalue weighted by Crippen LogP contribution is -2.44. The van der Waals surface area contributed by atoms with Crippen LogP contribution in [0, 0.1) is 5.92 Å². The van der Waals surface area contributed by atoms with Gasteiger partial charge in [-0.25, -0.2) is 0 Å². The molecule has 3 fully saturated rings. The lowest BCUT2D eigenvalue weighted by Gasteiger charge is -2.32. The van der Waals surface area contributed by atoms with Crippen molar-refractivity contribution in [3.05, 3.63) is 10.4 Å². The van der Waals surface area contributed by atoms with Crippen molar-refractivity contribution in [3.63, 3.8) is 0 Å². The second kappa shape index (κ2) is 7.54. The second-order valence-electron chi connectivity index (χ2n) is 7.90. The highest BCUT2D eigenvalue weighted by Crippen LogP contribution is 2.46. The molecule has 0 N–H and O–H groups in total. The highest BCUT2D eigenvalue weighted by atomic mass is 16.8. The van der Waals surface area contributed by atoms with E-state index in [2.05, 4.69) is 10.0 Å². The molecule has 10 nitrogen and oxygen atoms in total. The minimum absolute atomic E-state index is 0.124. The van der Waals surface area contributed by atoms with Crippen LogP contribution in [-0.4, -0.2) is 61.9 Å². The lowest BCUT2D eigenvalue weighted by molar-refractivity contribution is -0.228. The molecule has 0 amide bonds. The van der Waals surface area contributed by atoms with Crippen molar-refractivity contribution in [1.29, 1.82) is 0 Å². The Hall–Kier alpha value is -1.42. The number of methoxy groups -OCH3 is 1. The van der Waals surface area contributed by atoms with Crippen LogP contribution in [0.2, 0.25) is 0 Å². The van der Waals surface area contributed by atoms with Gasteiger partial charge in [-0.15, -0.1) is 0 Å². The zero-order valence-corrected chi connectivity index (χ0v) is 16.3. The Balaban J connectivity index is 1.84. The van der Waals surface area contributed by atoms with Crippen molar-refractivity contribution >= 4 is 5.97 Å². The predicted molar refractivity (Wildman–Crippen MR) is 91.3 cm³/mol. The van der Waals surface area contributed by atoms with Crippen molar-refractivity contribution < 1.29 is 33.2 Å². The SMILES string of the molecule is COC(=O)CC[C@H](N=[N+]=[N-])[C@H]1[C@H]2OC(C)(C)O[C@H]2O[C@@H]1[C@H]1COC(C)(C)O1. The van der Waals surface area contributed by atoms with Gasteiger partial charge in [0.2, 0.25) is 0 Å². The molecule has 152 valence electrons. The molecule has 3 saturated heterocycles. The molecule has 0 saturated carbocycles. The average Bonchev–Trinajstić information content (AvgIpc) is 3.19. The molecule has 0 aromatic rings. The Morgan fingerprint density at radius 1 is 1.22 bits per heavy atom. The third-order valence-electron chi connectivity index (χ3n) is 5.05. The van der Waals surface area contributed by atoms with Gasteiger partial charge in [0.05, 0.1) is 19.8 Å². The summed E-state index contributed by atoms with van der Waals surface area (Å²) < 4.78 is 34.4. The normalized spacial score (nSPS) is 37.4. The number of hydrogen-bond acceptors (Lipinski definition) is 8. The largest absolute Gasteiger partial charge is 0.469 e. The number of rotatable bonds is 6. The first-order valence-electron chi connectivity index (χ1n) is 9.10. The van der Waals surface area contributed by atoms with Crippen LogP contribution in [0.5, 0.6) is 0 Å². The summed E-state index contributed by atoms with van der Waals surface area (Å²) in [6.45, 7) is 7.61. The van der Waals surface area contributed by atoms with Crippen LogP contribution in [-0.2, 0) is 33.2 Å². The topological polar surface area (TPSA) is 121 Å². The van der Waals surface area contributed by atoms with Crippen LogP contribution in [0.3, 0.4) is 0 Å². The van der Waals surface area contributed by atoms with Crippen LogP contribution in [0.15, 0.2) is 5.11 Å². The summed E-state index contributed by atoms with van der Waals surface area (Å²) in [5.41, 5.74) is 9.07. The average molecular weight is 385 g/mol. The van der Waals surface area contributed by atoms with Gasteiger partial charge in [-0.05, 0) is 39.6 Å². The maximum Gasteiger partial charge on any atom is 0.305 e. The number of azide groups is 1. The first-order valence-corrected chi connectivity index (χ1v) is 9.10.